The zero-order chi connectivity index (χ0) is 18.7. The lowest BCUT2D eigenvalue weighted by Crippen LogP contribution is -2.50. The first-order valence-corrected chi connectivity index (χ1v) is 10.2. The van der Waals surface area contributed by atoms with Crippen LogP contribution in [0, 0.1) is 5.82 Å². The number of carbonyl (C=O) groups is 2. The van der Waals surface area contributed by atoms with Crippen molar-refractivity contribution in [3.8, 4) is 0 Å². The van der Waals surface area contributed by atoms with Crippen molar-refractivity contribution in [2.45, 2.75) is 30.4 Å². The van der Waals surface area contributed by atoms with Crippen molar-refractivity contribution >= 4 is 40.6 Å². The summed E-state index contributed by atoms with van der Waals surface area (Å²) in [5.41, 5.74) is 1.26. The lowest BCUT2D eigenvalue weighted by Gasteiger charge is -2.32. The molecule has 136 valence electrons. The van der Waals surface area contributed by atoms with E-state index in [1.165, 1.54) is 35.2 Å². The molecule has 1 unspecified atom stereocenters. The number of halogens is 1. The van der Waals surface area contributed by atoms with E-state index in [0.29, 0.717) is 29.2 Å². The fourth-order valence-corrected chi connectivity index (χ4v) is 6.22. The molecule has 0 aliphatic carbocycles. The van der Waals surface area contributed by atoms with Crippen LogP contribution >= 0.6 is 23.1 Å². The predicted molar refractivity (Wildman–Crippen MR) is 103 cm³/mol. The number of thioether (sulfide) groups is 1. The standard InChI is InChI=1S/C19H19FN2O2S2/c1-4-21-14-8-7-12(20)10-13(14)19(17(21)24)22(11-18(2,3)26-19)16(23)15-6-5-9-25-15/h5-10H,4,11H2,1-3H3. The zero-order valence-corrected chi connectivity index (χ0v) is 16.4. The second kappa shape index (κ2) is 5.82. The van der Waals surface area contributed by atoms with Gasteiger partial charge in [-0.05, 0) is 50.4 Å². The molecule has 26 heavy (non-hydrogen) atoms. The molecule has 2 aliphatic rings. The molecule has 0 saturated carbocycles. The quantitative estimate of drug-likeness (QED) is 0.776. The molecule has 0 radical (unpaired) electrons. The Bertz CT molecular complexity index is 897. The summed E-state index contributed by atoms with van der Waals surface area (Å²) in [5, 5.41) is 1.84. The van der Waals surface area contributed by atoms with Crippen molar-refractivity contribution in [3.05, 3.63) is 52.0 Å². The lowest BCUT2D eigenvalue weighted by molar-refractivity contribution is -0.123. The Morgan fingerprint density at radius 1 is 1.31 bits per heavy atom. The molecule has 1 aromatic heterocycles. The minimum absolute atomic E-state index is 0.166. The Morgan fingerprint density at radius 3 is 2.73 bits per heavy atom. The fraction of sp³-hybridized carbons (Fsp3) is 0.368. The molecule has 4 rings (SSSR count). The second-order valence-electron chi connectivity index (χ2n) is 7.09. The molecule has 2 amide bonds. The van der Waals surface area contributed by atoms with Crippen LogP contribution in [0.3, 0.4) is 0 Å². The molecule has 2 aromatic rings. The Kier molecular flexibility index (Phi) is 3.93. The van der Waals surface area contributed by atoms with Crippen LogP contribution in [0.4, 0.5) is 10.1 Å². The summed E-state index contributed by atoms with van der Waals surface area (Å²) in [5.74, 6) is -0.747. The first-order chi connectivity index (χ1) is 12.3. The van der Waals surface area contributed by atoms with Crippen LogP contribution in [0.2, 0.25) is 0 Å². The van der Waals surface area contributed by atoms with Crippen LogP contribution in [0.5, 0.6) is 0 Å². The van der Waals surface area contributed by atoms with Crippen molar-refractivity contribution in [1.82, 2.24) is 4.90 Å². The van der Waals surface area contributed by atoms with Gasteiger partial charge in [0.15, 0.2) is 4.87 Å². The van der Waals surface area contributed by atoms with Gasteiger partial charge in [-0.2, -0.15) is 0 Å². The average Bonchev–Trinajstić information content (AvgIpc) is 3.26. The molecule has 1 fully saturated rings. The molecule has 1 spiro atoms. The van der Waals surface area contributed by atoms with Crippen LogP contribution < -0.4 is 4.90 Å². The number of carbonyl (C=O) groups excluding carboxylic acids is 2. The van der Waals surface area contributed by atoms with E-state index in [2.05, 4.69) is 0 Å². The molecule has 1 saturated heterocycles. The van der Waals surface area contributed by atoms with Crippen molar-refractivity contribution in [1.29, 1.82) is 0 Å². The Hall–Kier alpha value is -1.86. The number of likely N-dealkylation sites (N-methyl/N-ethyl adjacent to an activating group) is 1. The molecular formula is C19H19FN2O2S2. The summed E-state index contributed by atoms with van der Waals surface area (Å²) in [4.78, 5) is 29.4. The molecule has 0 bridgehead atoms. The number of hydrogen-bond donors (Lipinski definition) is 0. The van der Waals surface area contributed by atoms with E-state index in [0.717, 1.165) is 0 Å². The van der Waals surface area contributed by atoms with Crippen LogP contribution in [-0.2, 0) is 9.67 Å². The van der Waals surface area contributed by atoms with E-state index in [9.17, 15) is 14.0 Å². The zero-order valence-electron chi connectivity index (χ0n) is 14.8. The number of benzene rings is 1. The SMILES string of the molecule is CCN1C(=O)C2(SC(C)(C)CN2C(=O)c2cccs2)c2cc(F)ccc21. The molecule has 1 aromatic carbocycles. The molecule has 4 nitrogen and oxygen atoms in total. The van der Waals surface area contributed by atoms with Gasteiger partial charge in [0.25, 0.3) is 11.8 Å². The number of anilines is 1. The average molecular weight is 391 g/mol. The van der Waals surface area contributed by atoms with Gasteiger partial charge >= 0.3 is 0 Å². The monoisotopic (exact) mass is 390 g/mol. The summed E-state index contributed by atoms with van der Waals surface area (Å²) in [6.45, 7) is 6.82. The predicted octanol–water partition coefficient (Wildman–Crippen LogP) is 4.07. The maximum absolute atomic E-state index is 14.1. The third-order valence-electron chi connectivity index (χ3n) is 4.79. The van der Waals surface area contributed by atoms with Crippen LogP contribution in [0.25, 0.3) is 0 Å². The maximum Gasteiger partial charge on any atom is 0.268 e. The van der Waals surface area contributed by atoms with Gasteiger partial charge in [0.05, 0.1) is 10.6 Å². The molecule has 7 heteroatoms. The summed E-state index contributed by atoms with van der Waals surface area (Å²) in [7, 11) is 0. The molecule has 2 aliphatic heterocycles. The normalized spacial score (nSPS) is 23.8. The van der Waals surface area contributed by atoms with Gasteiger partial charge in [-0.1, -0.05) is 6.07 Å². The van der Waals surface area contributed by atoms with Gasteiger partial charge < -0.3 is 9.80 Å². The number of hydrogen-bond acceptors (Lipinski definition) is 4. The highest BCUT2D eigenvalue weighted by molar-refractivity contribution is 8.02. The molecule has 1 atom stereocenters. The van der Waals surface area contributed by atoms with E-state index < -0.39 is 10.7 Å². The third-order valence-corrected chi connectivity index (χ3v) is 7.24. The van der Waals surface area contributed by atoms with Crippen molar-refractivity contribution < 1.29 is 14.0 Å². The number of rotatable bonds is 2. The van der Waals surface area contributed by atoms with Gasteiger partial charge in [-0.15, -0.1) is 23.1 Å². The van der Waals surface area contributed by atoms with Crippen molar-refractivity contribution in [2.24, 2.45) is 0 Å². The molecular weight excluding hydrogens is 371 g/mol. The van der Waals surface area contributed by atoms with E-state index >= 15 is 0 Å². The van der Waals surface area contributed by atoms with Gasteiger partial charge in [0, 0.05) is 23.4 Å². The van der Waals surface area contributed by atoms with Crippen LogP contribution in [0.15, 0.2) is 35.7 Å². The van der Waals surface area contributed by atoms with Gasteiger partial charge in [-0.25, -0.2) is 4.39 Å². The minimum Gasteiger partial charge on any atom is -0.309 e. The van der Waals surface area contributed by atoms with Gasteiger partial charge in [0.1, 0.15) is 5.82 Å². The highest BCUT2D eigenvalue weighted by atomic mass is 32.2. The van der Waals surface area contributed by atoms with E-state index in [4.69, 9.17) is 0 Å². The van der Waals surface area contributed by atoms with E-state index in [1.54, 1.807) is 21.9 Å². The molecule has 3 heterocycles. The fourth-order valence-electron chi connectivity index (χ4n) is 3.82. The topological polar surface area (TPSA) is 40.6 Å². The summed E-state index contributed by atoms with van der Waals surface area (Å²) in [6, 6.07) is 8.00. The Morgan fingerprint density at radius 2 is 2.08 bits per heavy atom. The van der Waals surface area contributed by atoms with Crippen molar-refractivity contribution in [2.75, 3.05) is 18.0 Å². The van der Waals surface area contributed by atoms with Gasteiger partial charge in [0.2, 0.25) is 0 Å². The van der Waals surface area contributed by atoms with Gasteiger partial charge in [-0.3, -0.25) is 9.59 Å². The summed E-state index contributed by atoms with van der Waals surface area (Å²) < 4.78 is 13.8. The van der Waals surface area contributed by atoms with E-state index in [1.807, 2.05) is 32.2 Å². The highest BCUT2D eigenvalue weighted by Crippen LogP contribution is 2.59. The van der Waals surface area contributed by atoms with Crippen LogP contribution in [0.1, 0.15) is 36.0 Å². The smallest absolute Gasteiger partial charge is 0.268 e. The third kappa shape index (κ3) is 2.33. The van der Waals surface area contributed by atoms with E-state index in [-0.39, 0.29) is 16.6 Å². The van der Waals surface area contributed by atoms with Crippen LogP contribution in [-0.4, -0.2) is 34.6 Å². The first kappa shape index (κ1) is 17.5. The lowest BCUT2D eigenvalue weighted by atomic mass is 10.0. The first-order valence-electron chi connectivity index (χ1n) is 8.48. The highest BCUT2D eigenvalue weighted by Gasteiger charge is 2.63. The second-order valence-corrected chi connectivity index (χ2v) is 9.93. The summed E-state index contributed by atoms with van der Waals surface area (Å²) in [6.07, 6.45) is 0. The largest absolute Gasteiger partial charge is 0.309 e. The Balaban J connectivity index is 1.93. The number of fused-ring (bicyclic) bond motifs is 2. The summed E-state index contributed by atoms with van der Waals surface area (Å²) >= 11 is 2.79. The molecule has 0 N–H and O–H groups in total. The Labute approximate surface area is 160 Å². The van der Waals surface area contributed by atoms with Crippen molar-refractivity contribution in [3.63, 3.8) is 0 Å². The maximum atomic E-state index is 14.1. The number of nitrogens with zero attached hydrogens (tertiary/aromatic N) is 2. The number of amides is 2. The number of thiophene rings is 1. The minimum atomic E-state index is -1.21.